The van der Waals surface area contributed by atoms with Gasteiger partial charge in [-0.2, -0.15) is 5.26 Å². The molecule has 3 N–H and O–H groups in total. The van der Waals surface area contributed by atoms with Gasteiger partial charge in [0.15, 0.2) is 0 Å². The highest BCUT2D eigenvalue weighted by Crippen LogP contribution is 2.08. The van der Waals surface area contributed by atoms with Crippen molar-refractivity contribution in [3.63, 3.8) is 0 Å². The lowest BCUT2D eigenvalue weighted by molar-refractivity contribution is -0.124. The molecule has 0 heterocycles. The average Bonchev–Trinajstić information content (AvgIpc) is 2.13. The van der Waals surface area contributed by atoms with Crippen LogP contribution in [-0.2, 0) is 4.79 Å². The fourth-order valence-electron chi connectivity index (χ4n) is 1.18. The number of amides is 1. The first-order valence-electron chi connectivity index (χ1n) is 4.98. The molecule has 0 aromatic rings. The maximum atomic E-state index is 11.3. The van der Waals surface area contributed by atoms with Crippen molar-refractivity contribution in [2.75, 3.05) is 6.54 Å². The molecule has 0 aliphatic rings. The van der Waals surface area contributed by atoms with E-state index in [1.807, 2.05) is 19.9 Å². The minimum atomic E-state index is -0.0452. The van der Waals surface area contributed by atoms with Crippen LogP contribution in [-0.4, -0.2) is 18.5 Å². The number of carbonyl (C=O) groups excluding carboxylic acids is 1. The number of nitrogens with two attached hydrogens (primary N) is 1. The van der Waals surface area contributed by atoms with E-state index in [-0.39, 0.29) is 24.4 Å². The zero-order valence-corrected chi connectivity index (χ0v) is 8.92. The molecule has 0 spiro atoms. The van der Waals surface area contributed by atoms with Crippen molar-refractivity contribution in [2.24, 2.45) is 11.7 Å². The van der Waals surface area contributed by atoms with E-state index in [0.29, 0.717) is 0 Å². The van der Waals surface area contributed by atoms with Gasteiger partial charge >= 0.3 is 0 Å². The second-order valence-corrected chi connectivity index (χ2v) is 3.69. The summed E-state index contributed by atoms with van der Waals surface area (Å²) < 4.78 is 0. The Morgan fingerprint density at radius 2 is 2.14 bits per heavy atom. The molecule has 14 heavy (non-hydrogen) atoms. The first kappa shape index (κ1) is 12.9. The number of carbonyl (C=O) groups is 1. The topological polar surface area (TPSA) is 78.9 Å². The third-order valence-electron chi connectivity index (χ3n) is 2.09. The van der Waals surface area contributed by atoms with Gasteiger partial charge in [0.1, 0.15) is 6.54 Å². The SMILES string of the molecule is CC(N)CCCC(C)C(=O)NCC#N. The van der Waals surface area contributed by atoms with Crippen LogP contribution in [0.5, 0.6) is 0 Å². The lowest BCUT2D eigenvalue weighted by Gasteiger charge is -2.11. The molecule has 1 amide bonds. The van der Waals surface area contributed by atoms with E-state index in [1.54, 1.807) is 0 Å². The van der Waals surface area contributed by atoms with E-state index in [2.05, 4.69) is 5.32 Å². The van der Waals surface area contributed by atoms with Crippen molar-refractivity contribution in [2.45, 2.75) is 39.2 Å². The van der Waals surface area contributed by atoms with Crippen LogP contribution in [0.25, 0.3) is 0 Å². The Labute approximate surface area is 85.5 Å². The summed E-state index contributed by atoms with van der Waals surface area (Å²) in [5, 5.41) is 10.8. The minimum Gasteiger partial charge on any atom is -0.343 e. The van der Waals surface area contributed by atoms with Gasteiger partial charge in [0.2, 0.25) is 5.91 Å². The molecule has 0 aromatic heterocycles. The molecule has 0 aromatic carbocycles. The first-order valence-corrected chi connectivity index (χ1v) is 4.98. The lowest BCUT2D eigenvalue weighted by Crippen LogP contribution is -2.29. The van der Waals surface area contributed by atoms with Crippen LogP contribution < -0.4 is 11.1 Å². The minimum absolute atomic E-state index is 0.0258. The molecule has 0 fully saturated rings. The molecule has 2 atom stereocenters. The quantitative estimate of drug-likeness (QED) is 0.617. The zero-order chi connectivity index (χ0) is 11.0. The van der Waals surface area contributed by atoms with Crippen molar-refractivity contribution in [1.82, 2.24) is 5.32 Å². The third-order valence-corrected chi connectivity index (χ3v) is 2.09. The second kappa shape index (κ2) is 7.34. The monoisotopic (exact) mass is 197 g/mol. The highest BCUT2D eigenvalue weighted by Gasteiger charge is 2.11. The third kappa shape index (κ3) is 6.44. The van der Waals surface area contributed by atoms with Crippen LogP contribution >= 0.6 is 0 Å². The maximum absolute atomic E-state index is 11.3. The predicted octanol–water partition coefficient (Wildman–Crippen LogP) is 0.780. The zero-order valence-electron chi connectivity index (χ0n) is 8.92. The molecule has 0 aliphatic carbocycles. The van der Waals surface area contributed by atoms with Crippen LogP contribution in [0.1, 0.15) is 33.1 Å². The van der Waals surface area contributed by atoms with Gasteiger partial charge in [-0.15, -0.1) is 0 Å². The standard InChI is InChI=1S/C10H19N3O/c1-8(4-3-5-9(2)12)10(14)13-7-6-11/h8-9H,3-5,7,12H2,1-2H3,(H,13,14). The molecular weight excluding hydrogens is 178 g/mol. The molecule has 0 saturated carbocycles. The lowest BCUT2D eigenvalue weighted by atomic mass is 10.0. The molecule has 0 bridgehead atoms. The van der Waals surface area contributed by atoms with Crippen molar-refractivity contribution in [1.29, 1.82) is 5.26 Å². The highest BCUT2D eigenvalue weighted by molar-refractivity contribution is 5.78. The van der Waals surface area contributed by atoms with Gasteiger partial charge in [-0.1, -0.05) is 13.3 Å². The molecule has 4 nitrogen and oxygen atoms in total. The van der Waals surface area contributed by atoms with Crippen LogP contribution in [0.3, 0.4) is 0 Å². The van der Waals surface area contributed by atoms with E-state index in [4.69, 9.17) is 11.0 Å². The fraction of sp³-hybridized carbons (Fsp3) is 0.800. The van der Waals surface area contributed by atoms with Crippen LogP contribution in [0, 0.1) is 17.2 Å². The first-order chi connectivity index (χ1) is 6.57. The van der Waals surface area contributed by atoms with Crippen molar-refractivity contribution in [3.05, 3.63) is 0 Å². The van der Waals surface area contributed by atoms with Crippen LogP contribution in [0.15, 0.2) is 0 Å². The van der Waals surface area contributed by atoms with Crippen LogP contribution in [0.2, 0.25) is 0 Å². The van der Waals surface area contributed by atoms with Crippen molar-refractivity contribution in [3.8, 4) is 6.07 Å². The number of nitrogens with zero attached hydrogens (tertiary/aromatic N) is 1. The summed E-state index contributed by atoms with van der Waals surface area (Å²) in [7, 11) is 0. The summed E-state index contributed by atoms with van der Waals surface area (Å²) in [6, 6.07) is 2.07. The van der Waals surface area contributed by atoms with Gasteiger partial charge < -0.3 is 11.1 Å². The summed E-state index contributed by atoms with van der Waals surface area (Å²) in [5.41, 5.74) is 5.59. The normalized spacial score (nSPS) is 14.1. The number of hydrogen-bond donors (Lipinski definition) is 2. The molecule has 0 aliphatic heterocycles. The van der Waals surface area contributed by atoms with Gasteiger partial charge in [0.05, 0.1) is 6.07 Å². The van der Waals surface area contributed by atoms with Gasteiger partial charge in [-0.25, -0.2) is 0 Å². The number of nitriles is 1. The Morgan fingerprint density at radius 1 is 1.50 bits per heavy atom. The second-order valence-electron chi connectivity index (χ2n) is 3.69. The molecule has 4 heteroatoms. The summed E-state index contributed by atoms with van der Waals surface area (Å²) in [5.74, 6) is -0.0710. The van der Waals surface area contributed by atoms with E-state index < -0.39 is 0 Å². The molecule has 80 valence electrons. The molecule has 0 radical (unpaired) electrons. The van der Waals surface area contributed by atoms with E-state index in [9.17, 15) is 4.79 Å². The van der Waals surface area contributed by atoms with Gasteiger partial charge in [0.25, 0.3) is 0 Å². The van der Waals surface area contributed by atoms with Gasteiger partial charge in [-0.05, 0) is 19.8 Å². The van der Waals surface area contributed by atoms with E-state index in [0.717, 1.165) is 19.3 Å². The maximum Gasteiger partial charge on any atom is 0.223 e. The Balaban J connectivity index is 3.58. The largest absolute Gasteiger partial charge is 0.343 e. The highest BCUT2D eigenvalue weighted by atomic mass is 16.1. The molecule has 0 rings (SSSR count). The number of rotatable bonds is 6. The molecule has 2 unspecified atom stereocenters. The summed E-state index contributed by atoms with van der Waals surface area (Å²) >= 11 is 0. The van der Waals surface area contributed by atoms with Gasteiger partial charge in [-0.3, -0.25) is 4.79 Å². The van der Waals surface area contributed by atoms with E-state index >= 15 is 0 Å². The summed E-state index contributed by atoms with van der Waals surface area (Å²) in [6.07, 6.45) is 2.73. The van der Waals surface area contributed by atoms with Crippen LogP contribution in [0.4, 0.5) is 0 Å². The Bertz CT molecular complexity index is 208. The fourth-order valence-corrected chi connectivity index (χ4v) is 1.18. The summed E-state index contributed by atoms with van der Waals surface area (Å²) in [6.45, 7) is 3.92. The van der Waals surface area contributed by atoms with Crippen molar-refractivity contribution >= 4 is 5.91 Å². The smallest absolute Gasteiger partial charge is 0.223 e. The average molecular weight is 197 g/mol. The molecule has 0 saturated heterocycles. The Kier molecular flexibility index (Phi) is 6.77. The van der Waals surface area contributed by atoms with Crippen molar-refractivity contribution < 1.29 is 4.79 Å². The predicted molar refractivity (Wildman–Crippen MR) is 55.3 cm³/mol. The van der Waals surface area contributed by atoms with E-state index in [1.165, 1.54) is 0 Å². The number of nitrogens with one attached hydrogen (secondary N) is 1. The Hall–Kier alpha value is -1.08. The Morgan fingerprint density at radius 3 is 2.64 bits per heavy atom. The number of hydrogen-bond acceptors (Lipinski definition) is 3. The van der Waals surface area contributed by atoms with Gasteiger partial charge in [0, 0.05) is 12.0 Å². The summed E-state index contributed by atoms with van der Waals surface area (Å²) in [4.78, 5) is 11.3. The molecular formula is C10H19N3O.